The smallest absolute Gasteiger partial charge is 0.286 e. The molecule has 4 nitrogen and oxygen atoms in total. The summed E-state index contributed by atoms with van der Waals surface area (Å²) in [6.45, 7) is 0.523. The molecule has 0 bridgehead atoms. The first-order chi connectivity index (χ1) is 10.7. The van der Waals surface area contributed by atoms with E-state index in [9.17, 15) is 9.59 Å². The number of hydrogen-bond donors (Lipinski definition) is 1. The van der Waals surface area contributed by atoms with Crippen molar-refractivity contribution in [2.45, 2.75) is 18.3 Å². The van der Waals surface area contributed by atoms with E-state index in [0.717, 1.165) is 28.6 Å². The van der Waals surface area contributed by atoms with Crippen molar-refractivity contribution in [3.8, 4) is 5.75 Å². The number of benzene rings is 2. The summed E-state index contributed by atoms with van der Waals surface area (Å²) in [6.07, 6.45) is 0.543. The van der Waals surface area contributed by atoms with Gasteiger partial charge in [0.25, 0.3) is 5.24 Å². The zero-order valence-corrected chi connectivity index (χ0v) is 12.6. The fraction of sp³-hybridized carbons (Fsp3) is 0.176. The molecule has 1 atom stereocenters. The Morgan fingerprint density at radius 1 is 0.955 bits per heavy atom. The molecular formula is C17H15NO3S. The third-order valence-corrected chi connectivity index (χ3v) is 4.34. The molecule has 1 fully saturated rings. The van der Waals surface area contributed by atoms with Gasteiger partial charge in [-0.2, -0.15) is 0 Å². The van der Waals surface area contributed by atoms with E-state index in [1.807, 2.05) is 54.6 Å². The Hall–Kier alpha value is -2.27. The van der Waals surface area contributed by atoms with Crippen LogP contribution in [0, 0.1) is 0 Å². The molecule has 2 aromatic carbocycles. The number of hydrogen-bond acceptors (Lipinski definition) is 4. The normalized spacial score (nSPS) is 17.4. The Bertz CT molecular complexity index is 670. The highest BCUT2D eigenvalue weighted by atomic mass is 32.2. The van der Waals surface area contributed by atoms with Gasteiger partial charge < -0.3 is 4.74 Å². The minimum absolute atomic E-state index is 0.209. The number of carbonyl (C=O) groups excluding carboxylic acids is 2. The standard InChI is InChI=1S/C17H15NO3S/c19-16-15(22-17(20)18-16)10-12-6-8-14(9-7-12)21-11-13-4-2-1-3-5-13/h1-9,15H,10-11H2,(H,18,19,20). The van der Waals surface area contributed by atoms with Crippen LogP contribution in [0.25, 0.3) is 0 Å². The number of imide groups is 1. The van der Waals surface area contributed by atoms with E-state index in [-0.39, 0.29) is 16.4 Å². The van der Waals surface area contributed by atoms with E-state index in [1.165, 1.54) is 0 Å². The number of ether oxygens (including phenoxy) is 1. The molecule has 1 unspecified atom stereocenters. The summed E-state index contributed by atoms with van der Waals surface area (Å²) in [5, 5.41) is 1.70. The maximum Gasteiger partial charge on any atom is 0.286 e. The van der Waals surface area contributed by atoms with Gasteiger partial charge in [0.2, 0.25) is 5.91 Å². The summed E-state index contributed by atoms with van der Waals surface area (Å²) < 4.78 is 5.72. The van der Waals surface area contributed by atoms with Crippen LogP contribution in [0.1, 0.15) is 11.1 Å². The van der Waals surface area contributed by atoms with E-state index < -0.39 is 0 Å². The maximum atomic E-state index is 11.5. The van der Waals surface area contributed by atoms with E-state index in [1.54, 1.807) is 0 Å². The minimum atomic E-state index is -0.330. The lowest BCUT2D eigenvalue weighted by Gasteiger charge is -2.08. The van der Waals surface area contributed by atoms with Crippen LogP contribution in [-0.4, -0.2) is 16.4 Å². The van der Waals surface area contributed by atoms with Crippen LogP contribution in [0.15, 0.2) is 54.6 Å². The second-order valence-electron chi connectivity index (χ2n) is 5.01. The molecule has 2 amide bonds. The molecule has 3 rings (SSSR count). The fourth-order valence-corrected chi connectivity index (χ4v) is 3.06. The summed E-state index contributed by atoms with van der Waals surface area (Å²) in [5.74, 6) is 0.576. The lowest BCUT2D eigenvalue weighted by atomic mass is 10.1. The first kappa shape index (κ1) is 14.7. The summed E-state index contributed by atoms with van der Waals surface area (Å²) in [6, 6.07) is 17.6. The Morgan fingerprint density at radius 2 is 1.68 bits per heavy atom. The third-order valence-electron chi connectivity index (χ3n) is 3.36. The molecule has 5 heteroatoms. The summed E-state index contributed by atoms with van der Waals surface area (Å²) >= 11 is 1.05. The minimum Gasteiger partial charge on any atom is -0.489 e. The monoisotopic (exact) mass is 313 g/mol. The van der Waals surface area contributed by atoms with Crippen molar-refractivity contribution in [2.24, 2.45) is 0 Å². The molecule has 1 heterocycles. The molecule has 1 aliphatic rings. The van der Waals surface area contributed by atoms with Crippen LogP contribution in [0.4, 0.5) is 4.79 Å². The van der Waals surface area contributed by atoms with Crippen molar-refractivity contribution in [1.29, 1.82) is 0 Å². The molecular weight excluding hydrogens is 298 g/mol. The van der Waals surface area contributed by atoms with Gasteiger partial charge in [0.15, 0.2) is 0 Å². The van der Waals surface area contributed by atoms with Crippen molar-refractivity contribution >= 4 is 22.9 Å². The number of thioether (sulfide) groups is 1. The number of amides is 2. The molecule has 1 N–H and O–H groups in total. The summed E-state index contributed by atoms with van der Waals surface area (Å²) in [5.41, 5.74) is 2.12. The average Bonchev–Trinajstić information content (AvgIpc) is 2.85. The highest BCUT2D eigenvalue weighted by molar-refractivity contribution is 8.15. The van der Waals surface area contributed by atoms with E-state index in [4.69, 9.17) is 4.74 Å². The number of carbonyl (C=O) groups is 2. The van der Waals surface area contributed by atoms with Gasteiger partial charge in [-0.25, -0.2) is 0 Å². The van der Waals surface area contributed by atoms with Gasteiger partial charge in [-0.15, -0.1) is 0 Å². The van der Waals surface area contributed by atoms with Crippen molar-refractivity contribution in [1.82, 2.24) is 5.32 Å². The number of rotatable bonds is 5. The quantitative estimate of drug-likeness (QED) is 0.921. The number of nitrogens with one attached hydrogen (secondary N) is 1. The van der Waals surface area contributed by atoms with E-state index >= 15 is 0 Å². The van der Waals surface area contributed by atoms with Crippen molar-refractivity contribution < 1.29 is 14.3 Å². The Morgan fingerprint density at radius 3 is 2.32 bits per heavy atom. The maximum absolute atomic E-state index is 11.5. The van der Waals surface area contributed by atoms with Crippen LogP contribution >= 0.6 is 11.8 Å². The second-order valence-corrected chi connectivity index (χ2v) is 6.18. The predicted octanol–water partition coefficient (Wildman–Crippen LogP) is 3.16. The zero-order valence-electron chi connectivity index (χ0n) is 11.8. The van der Waals surface area contributed by atoms with E-state index in [0.29, 0.717) is 13.0 Å². The first-order valence-corrected chi connectivity index (χ1v) is 7.86. The van der Waals surface area contributed by atoms with Crippen LogP contribution < -0.4 is 10.1 Å². The predicted molar refractivity (Wildman–Crippen MR) is 85.8 cm³/mol. The van der Waals surface area contributed by atoms with Crippen LogP contribution in [0.3, 0.4) is 0 Å². The first-order valence-electron chi connectivity index (χ1n) is 6.98. The molecule has 0 aromatic heterocycles. The summed E-state index contributed by atoms with van der Waals surface area (Å²) in [7, 11) is 0. The van der Waals surface area contributed by atoms with Crippen molar-refractivity contribution in [3.05, 3.63) is 65.7 Å². The van der Waals surface area contributed by atoms with Gasteiger partial charge >= 0.3 is 0 Å². The van der Waals surface area contributed by atoms with Gasteiger partial charge in [0.1, 0.15) is 12.4 Å². The molecule has 0 radical (unpaired) electrons. The van der Waals surface area contributed by atoms with Crippen molar-refractivity contribution in [3.63, 3.8) is 0 Å². The lowest BCUT2D eigenvalue weighted by molar-refractivity contribution is -0.118. The third kappa shape index (κ3) is 3.68. The highest BCUT2D eigenvalue weighted by Crippen LogP contribution is 2.24. The summed E-state index contributed by atoms with van der Waals surface area (Å²) in [4.78, 5) is 22.7. The fourth-order valence-electron chi connectivity index (χ4n) is 2.20. The SMILES string of the molecule is O=C1NC(=O)C(Cc2ccc(OCc3ccccc3)cc2)S1. The molecule has 1 aliphatic heterocycles. The molecule has 2 aromatic rings. The molecule has 0 saturated carbocycles. The average molecular weight is 313 g/mol. The molecule has 22 heavy (non-hydrogen) atoms. The van der Waals surface area contributed by atoms with Gasteiger partial charge in [0, 0.05) is 0 Å². The zero-order chi connectivity index (χ0) is 15.4. The largest absolute Gasteiger partial charge is 0.489 e. The van der Waals surface area contributed by atoms with Crippen LogP contribution in [0.5, 0.6) is 5.75 Å². The Labute approximate surface area is 132 Å². The Kier molecular flexibility index (Phi) is 4.44. The molecule has 0 aliphatic carbocycles. The van der Waals surface area contributed by atoms with Gasteiger partial charge in [0.05, 0.1) is 5.25 Å². The second kappa shape index (κ2) is 6.66. The topological polar surface area (TPSA) is 55.4 Å². The molecule has 112 valence electrons. The van der Waals surface area contributed by atoms with Crippen LogP contribution in [-0.2, 0) is 17.8 Å². The van der Waals surface area contributed by atoms with Gasteiger partial charge in [-0.3, -0.25) is 14.9 Å². The molecule has 0 spiro atoms. The highest BCUT2D eigenvalue weighted by Gasteiger charge is 2.31. The molecule has 1 saturated heterocycles. The van der Waals surface area contributed by atoms with Gasteiger partial charge in [-0.05, 0) is 29.7 Å². The van der Waals surface area contributed by atoms with Crippen molar-refractivity contribution in [2.75, 3.05) is 0 Å². The lowest BCUT2D eigenvalue weighted by Crippen LogP contribution is -2.25. The van der Waals surface area contributed by atoms with Crippen LogP contribution in [0.2, 0.25) is 0 Å². The van der Waals surface area contributed by atoms with Gasteiger partial charge in [-0.1, -0.05) is 54.2 Å². The Balaban J connectivity index is 1.56. The van der Waals surface area contributed by atoms with E-state index in [2.05, 4.69) is 5.32 Å².